The van der Waals surface area contributed by atoms with E-state index in [1.165, 1.54) is 131 Å². The minimum Gasteiger partial charge on any atom is -0.399 e. The maximum absolute atomic E-state index is 6.53. The number of rotatable bonds is 12. The lowest BCUT2D eigenvalue weighted by atomic mass is 9.76. The summed E-state index contributed by atoms with van der Waals surface area (Å²) < 4.78 is 14.1. The summed E-state index contributed by atoms with van der Waals surface area (Å²) in [4.78, 5) is 23.3. The Morgan fingerprint density at radius 1 is 0.242 bits per heavy atom. The first kappa shape index (κ1) is 76.6. The third-order valence-electron chi connectivity index (χ3n) is 24.7. The lowest BCUT2D eigenvalue weighted by molar-refractivity contribution is 0.00578. The van der Waals surface area contributed by atoms with E-state index in [-0.39, 0.29) is 0 Å². The molecule has 0 spiro atoms. The lowest BCUT2D eigenvalue weighted by Crippen LogP contribution is -2.41. The average Bonchev–Trinajstić information content (AvgIpc) is 0.940. The normalized spacial score (nSPS) is 12.9. The molecular formula is C114H82BBrN6O2. The monoisotopic (exact) mass is 1660 g/mol. The van der Waals surface area contributed by atoms with Crippen molar-refractivity contribution in [3.05, 3.63) is 429 Å². The molecular weight excluding hydrogens is 1580 g/mol. The van der Waals surface area contributed by atoms with Crippen LogP contribution in [0.1, 0.15) is 27.7 Å². The number of anilines is 6. The highest BCUT2D eigenvalue weighted by Crippen LogP contribution is 2.49. The minimum absolute atomic E-state index is 0.409. The Kier molecular flexibility index (Phi) is 20.0. The van der Waals surface area contributed by atoms with Crippen molar-refractivity contribution in [2.75, 3.05) is 9.80 Å². The third-order valence-corrected chi connectivity index (χ3v) is 25.2. The molecule has 0 amide bonds. The topological polar surface area (TPSA) is 76.5 Å². The number of nitrogens with zero attached hydrogens (tertiary/aromatic N) is 6. The lowest BCUT2D eigenvalue weighted by Gasteiger charge is -2.32. The van der Waals surface area contributed by atoms with Gasteiger partial charge in [-0.05, 0) is 302 Å². The zero-order chi connectivity index (χ0) is 83.4. The first-order valence-corrected chi connectivity index (χ1v) is 42.9. The Bertz CT molecular complexity index is 7850. The quantitative estimate of drug-likeness (QED) is 0.0885. The number of aromatic nitrogens is 4. The highest BCUT2D eigenvalue weighted by molar-refractivity contribution is 9.10. The smallest absolute Gasteiger partial charge is 0.399 e. The molecule has 1 aliphatic heterocycles. The van der Waals surface area contributed by atoms with E-state index >= 15 is 0 Å². The number of pyridine rings is 4. The van der Waals surface area contributed by atoms with Crippen LogP contribution in [0.25, 0.3) is 164 Å². The number of hydrogen-bond acceptors (Lipinski definition) is 8. The van der Waals surface area contributed by atoms with Gasteiger partial charge >= 0.3 is 7.12 Å². The van der Waals surface area contributed by atoms with Gasteiger partial charge in [0.25, 0.3) is 0 Å². The molecule has 1 saturated heterocycles. The van der Waals surface area contributed by atoms with E-state index < -0.39 is 18.3 Å². The zero-order valence-electron chi connectivity index (χ0n) is 68.9. The highest BCUT2D eigenvalue weighted by atomic mass is 79.9. The van der Waals surface area contributed by atoms with Crippen LogP contribution in [0.5, 0.6) is 0 Å². The van der Waals surface area contributed by atoms with Crippen LogP contribution < -0.4 is 15.3 Å². The van der Waals surface area contributed by atoms with Crippen LogP contribution in [-0.2, 0) is 9.31 Å². The maximum Gasteiger partial charge on any atom is 0.494 e. The second kappa shape index (κ2) is 32.3. The fraction of sp³-hybridized carbons (Fsp3) is 0.0526. The van der Waals surface area contributed by atoms with Crippen molar-refractivity contribution in [3.8, 4) is 55.6 Å². The second-order valence-corrected chi connectivity index (χ2v) is 33.7. The first-order chi connectivity index (χ1) is 60.8. The van der Waals surface area contributed by atoms with Crippen LogP contribution in [0.2, 0.25) is 0 Å². The van der Waals surface area contributed by atoms with Gasteiger partial charge in [0.05, 0.1) is 22.2 Å². The van der Waals surface area contributed by atoms with Crippen molar-refractivity contribution < 1.29 is 9.31 Å². The molecule has 0 bridgehead atoms. The van der Waals surface area contributed by atoms with Crippen LogP contribution in [-0.4, -0.2) is 38.3 Å². The molecule has 0 saturated carbocycles. The van der Waals surface area contributed by atoms with E-state index in [4.69, 9.17) is 24.3 Å². The number of hydrogen-bond donors (Lipinski definition) is 0. The molecule has 124 heavy (non-hydrogen) atoms. The Labute approximate surface area is 728 Å². The molecule has 0 atom stereocenters. The van der Waals surface area contributed by atoms with Gasteiger partial charge in [0.1, 0.15) is 23.3 Å². The van der Waals surface area contributed by atoms with Crippen molar-refractivity contribution in [2.24, 2.45) is 0 Å². The molecule has 8 nitrogen and oxygen atoms in total. The van der Waals surface area contributed by atoms with Gasteiger partial charge < -0.3 is 9.31 Å². The van der Waals surface area contributed by atoms with Gasteiger partial charge in [-0.2, -0.15) is 0 Å². The molecule has 0 aliphatic carbocycles. The first-order valence-electron chi connectivity index (χ1n) is 42.1. The molecule has 23 rings (SSSR count). The molecule has 18 aromatic carbocycles. The Morgan fingerprint density at radius 3 is 0.944 bits per heavy atom. The molecule has 4 aromatic heterocycles. The van der Waals surface area contributed by atoms with Crippen LogP contribution in [0.3, 0.4) is 0 Å². The van der Waals surface area contributed by atoms with Gasteiger partial charge in [-0.3, -0.25) is 9.80 Å². The second-order valence-electron chi connectivity index (χ2n) is 32.8. The van der Waals surface area contributed by atoms with Crippen molar-refractivity contribution in [1.29, 1.82) is 0 Å². The van der Waals surface area contributed by atoms with Gasteiger partial charge in [-0.25, -0.2) is 19.9 Å². The van der Waals surface area contributed by atoms with Gasteiger partial charge in [-0.15, -0.1) is 0 Å². The van der Waals surface area contributed by atoms with E-state index in [1.807, 2.05) is 91.1 Å². The van der Waals surface area contributed by atoms with E-state index in [9.17, 15) is 0 Å². The molecule has 1 fully saturated rings. The summed E-state index contributed by atoms with van der Waals surface area (Å²) in [7, 11) is -0.436. The molecule has 0 radical (unpaired) electrons. The van der Waals surface area contributed by atoms with E-state index in [0.717, 1.165) is 77.5 Å². The molecule has 1 aliphatic rings. The van der Waals surface area contributed by atoms with E-state index in [2.05, 4.69) is 386 Å². The summed E-state index contributed by atoms with van der Waals surface area (Å²) in [6.45, 7) is 8.44. The third kappa shape index (κ3) is 14.6. The molecule has 0 N–H and O–H groups in total. The number of benzene rings is 18. The van der Waals surface area contributed by atoms with Gasteiger partial charge in [0, 0.05) is 39.0 Å². The van der Waals surface area contributed by atoms with Crippen LogP contribution in [0, 0.1) is 0 Å². The summed E-state index contributed by atoms with van der Waals surface area (Å²) in [5.41, 5.74) is 16.3. The maximum atomic E-state index is 6.53. The average molecular weight is 1660 g/mol. The van der Waals surface area contributed by atoms with Crippen LogP contribution in [0.15, 0.2) is 429 Å². The summed E-state index contributed by atoms with van der Waals surface area (Å²) in [6.07, 6.45) is 3.62. The van der Waals surface area contributed by atoms with Crippen LogP contribution in [0.4, 0.5) is 34.6 Å². The predicted octanol–water partition coefficient (Wildman–Crippen LogP) is 30.5. The summed E-state index contributed by atoms with van der Waals surface area (Å²) >= 11 is 3.49. The number of fused-ring (bicyclic) bond motifs is 10. The van der Waals surface area contributed by atoms with E-state index in [1.54, 1.807) is 6.20 Å². The number of halogens is 1. The fourth-order valence-electron chi connectivity index (χ4n) is 17.8. The van der Waals surface area contributed by atoms with Gasteiger partial charge in [0.2, 0.25) is 0 Å². The standard InChI is InChI=1S/C54H35N3.C40H33BO2.C20H14BrN3/c1-3-14-40-33-43(22-20-36(40)11-1)53-46-16-6-7-17-47(46)54(44-23-21-37-12-2-4-15-41(37)34-44)49-35-42(26-30-48(49)53)38-24-28-45(29-25-38)57(51-19-9-10-32-55-51)52-31-27-39-13-5-8-18-50(39)56-52;1-39(2)40(3,4)43-41(42-39)32-21-22-35-36(25-32)38(31-20-18-27-12-6-8-14-29(27)24-31)34-16-10-9-15-33(34)37(35)30-19-17-26-11-5-7-13-28(26)23-30;21-16-9-11-17(12-10-16)24(19-7-3-4-14-22-19)20-13-8-15-5-1-2-6-18(15)23-20/h1-35H;5-25H,1-4H3;1-14H. The molecule has 10 heteroatoms. The Balaban J connectivity index is 0.000000124. The van der Waals surface area contributed by atoms with Crippen molar-refractivity contribution in [1.82, 2.24) is 19.9 Å². The number of para-hydroxylation sites is 2. The largest absolute Gasteiger partial charge is 0.494 e. The van der Waals surface area contributed by atoms with Crippen LogP contribution >= 0.6 is 15.9 Å². The Morgan fingerprint density at radius 2 is 0.548 bits per heavy atom. The summed E-state index contributed by atoms with van der Waals surface area (Å²) in [5, 5.41) is 22.0. The Hall–Kier alpha value is -14.8. The SMILES string of the molecule is Brc1ccc(N(c2ccccn2)c2ccc3ccccc3n2)cc1.CC1(C)OB(c2ccc3c(-c4ccc5ccccc5c4)c4ccccc4c(-c4ccc5ccccc5c4)c3c2)OC1(C)C.c1ccc(N(c2ccc(-c3ccc4c(-c5ccc6ccccc6c5)c5ccccc5c(-c5ccc6ccccc6c5)c4c3)cc2)c2ccc3ccccc3n2)nc1. The van der Waals surface area contributed by atoms with Crippen molar-refractivity contribution in [3.63, 3.8) is 0 Å². The molecule has 590 valence electrons. The zero-order valence-corrected chi connectivity index (χ0v) is 70.5. The molecule has 0 unspecified atom stereocenters. The minimum atomic E-state index is -0.436. The fourth-order valence-corrected chi connectivity index (χ4v) is 18.1. The highest BCUT2D eigenvalue weighted by Gasteiger charge is 2.52. The molecule has 22 aromatic rings. The molecule has 5 heterocycles. The van der Waals surface area contributed by atoms with Crippen molar-refractivity contribution >= 4 is 171 Å². The van der Waals surface area contributed by atoms with Gasteiger partial charge in [0.15, 0.2) is 0 Å². The van der Waals surface area contributed by atoms with Crippen molar-refractivity contribution in [2.45, 2.75) is 38.9 Å². The van der Waals surface area contributed by atoms with Gasteiger partial charge in [-0.1, -0.05) is 301 Å². The summed E-state index contributed by atoms with van der Waals surface area (Å²) in [5.74, 6) is 3.31. The summed E-state index contributed by atoms with van der Waals surface area (Å²) in [6, 6.07) is 147. The van der Waals surface area contributed by atoms with E-state index in [0.29, 0.717) is 0 Å². The predicted molar refractivity (Wildman–Crippen MR) is 526 cm³/mol.